The van der Waals surface area contributed by atoms with Gasteiger partial charge in [0.1, 0.15) is 0 Å². The Bertz CT molecular complexity index is 3340. The van der Waals surface area contributed by atoms with Gasteiger partial charge in [-0.2, -0.15) is 0 Å². The van der Waals surface area contributed by atoms with E-state index in [1.54, 1.807) is 0 Å². The van der Waals surface area contributed by atoms with Gasteiger partial charge in [0.2, 0.25) is 0 Å². The molecule has 0 bridgehead atoms. The lowest BCUT2D eigenvalue weighted by atomic mass is 9.93. The maximum absolute atomic E-state index is 4.18. The summed E-state index contributed by atoms with van der Waals surface area (Å²) in [6.45, 7) is 10.5. The predicted octanol–water partition coefficient (Wildman–Crippen LogP) is 19.1. The molecule has 6 heteroatoms. The lowest BCUT2D eigenvalue weighted by Crippen LogP contribution is -2.14. The molecule has 5 N–H and O–H groups in total. The van der Waals surface area contributed by atoms with Gasteiger partial charge < -0.3 is 31.2 Å². The second kappa shape index (κ2) is 22.4. The molecule has 6 nitrogen and oxygen atoms in total. The zero-order valence-corrected chi connectivity index (χ0v) is 42.4. The highest BCUT2D eigenvalue weighted by molar-refractivity contribution is 6.29. The van der Waals surface area contributed by atoms with Crippen LogP contribution in [0.3, 0.4) is 0 Å². The van der Waals surface area contributed by atoms with Crippen LogP contribution in [0.15, 0.2) is 194 Å². The van der Waals surface area contributed by atoms with Crippen LogP contribution in [-0.4, -0.2) is 11.5 Å². The first-order chi connectivity index (χ1) is 35.4. The third kappa shape index (κ3) is 10.4. The number of aromatic amines is 1. The van der Waals surface area contributed by atoms with Crippen molar-refractivity contribution in [2.45, 2.75) is 79.2 Å². The first-order valence-corrected chi connectivity index (χ1v) is 26.2. The monoisotopic (exact) mass is 945 g/mol. The zero-order chi connectivity index (χ0) is 49.2. The lowest BCUT2D eigenvalue weighted by molar-refractivity contribution is 0.513. The van der Waals surface area contributed by atoms with Crippen molar-refractivity contribution in [3.05, 3.63) is 211 Å². The third-order valence-electron chi connectivity index (χ3n) is 14.3. The molecule has 0 aliphatic carbocycles. The maximum atomic E-state index is 4.18. The van der Waals surface area contributed by atoms with Crippen molar-refractivity contribution < 1.29 is 0 Å². The van der Waals surface area contributed by atoms with Crippen LogP contribution >= 0.6 is 0 Å². The van der Waals surface area contributed by atoms with Crippen LogP contribution in [0.4, 0.5) is 51.2 Å². The summed E-state index contributed by atoms with van der Waals surface area (Å²) in [6.07, 6.45) is 8.83. The summed E-state index contributed by atoms with van der Waals surface area (Å²) < 4.78 is 0. The molecule has 0 amide bonds. The molecule has 0 atom stereocenters. The summed E-state index contributed by atoms with van der Waals surface area (Å²) in [5, 5.41) is 21.0. The molecule has 9 aromatic carbocycles. The maximum Gasteiger partial charge on any atom is 0.0887 e. The molecule has 0 fully saturated rings. The van der Waals surface area contributed by atoms with Crippen LogP contribution in [0.25, 0.3) is 43.7 Å². The number of aromatic nitrogens is 1. The highest BCUT2D eigenvalue weighted by atomic mass is 15.2. The van der Waals surface area contributed by atoms with E-state index in [0.717, 1.165) is 108 Å². The summed E-state index contributed by atoms with van der Waals surface area (Å²) >= 11 is 0. The molecule has 0 aliphatic rings. The molecule has 362 valence electrons. The van der Waals surface area contributed by atoms with E-state index in [1.165, 1.54) is 60.6 Å². The standard InChI is InChI=1S/C66H68N6/c1-46(2)27-13-7-5-6-8-24-44-67-58-43-42-57-60(66(58)72(52-35-18-11-19-36-52)53-37-20-12-21-38-53)61-59(51-32-16-10-17-33-51)62(70-56-41-26-34-50-31-22-23-39-54(50)56)65(69-55-40-25-28-47(3)48(55)4)64(63(61)71-57)68-45-49-29-14-9-15-30-49/h9-12,14-23,25-26,28-43,46,67-71H,5-8,13,24,27,44-45H2,1-4H3. The minimum Gasteiger partial charge on any atom is -0.383 e. The molecular formula is C66H68N6. The second-order valence-electron chi connectivity index (χ2n) is 19.7. The van der Waals surface area contributed by atoms with Crippen molar-refractivity contribution in [3.8, 4) is 11.1 Å². The van der Waals surface area contributed by atoms with E-state index in [4.69, 9.17) is 0 Å². The molecule has 0 spiro atoms. The fourth-order valence-corrected chi connectivity index (χ4v) is 10.3. The van der Waals surface area contributed by atoms with Gasteiger partial charge in [-0.15, -0.1) is 0 Å². The minimum absolute atomic E-state index is 0.614. The Balaban J connectivity index is 1.27. The summed E-state index contributed by atoms with van der Waals surface area (Å²) in [5.41, 5.74) is 17.2. The Labute approximate surface area is 426 Å². The smallest absolute Gasteiger partial charge is 0.0887 e. The molecular weight excluding hydrogens is 877 g/mol. The fourth-order valence-electron chi connectivity index (χ4n) is 10.3. The van der Waals surface area contributed by atoms with Crippen molar-refractivity contribution in [3.63, 3.8) is 0 Å². The van der Waals surface area contributed by atoms with Crippen LogP contribution in [0, 0.1) is 19.8 Å². The van der Waals surface area contributed by atoms with Gasteiger partial charge in [-0.1, -0.05) is 198 Å². The first kappa shape index (κ1) is 47.7. The summed E-state index contributed by atoms with van der Waals surface area (Å²) in [6, 6.07) is 69.7. The van der Waals surface area contributed by atoms with E-state index >= 15 is 0 Å². The van der Waals surface area contributed by atoms with Crippen LogP contribution in [0.5, 0.6) is 0 Å². The van der Waals surface area contributed by atoms with Gasteiger partial charge in [0.25, 0.3) is 0 Å². The molecule has 0 aliphatic heterocycles. The number of rotatable bonds is 21. The van der Waals surface area contributed by atoms with Gasteiger partial charge in [-0.05, 0) is 102 Å². The molecule has 0 unspecified atom stereocenters. The van der Waals surface area contributed by atoms with Gasteiger partial charge in [0.05, 0.1) is 34.0 Å². The number of nitrogens with zero attached hydrogens (tertiary/aromatic N) is 1. The SMILES string of the molecule is Cc1cccc(Nc2c(Nc3cccc4ccccc34)c(-c3ccccc3)c3c([nH]c4ccc(NCCCCCCCCC(C)C)c(N(c5ccccc5)c5ccccc5)c43)c2NCc2ccccc2)c1C. The summed E-state index contributed by atoms with van der Waals surface area (Å²) in [4.78, 5) is 6.57. The number of unbranched alkanes of at least 4 members (excludes halogenated alkanes) is 5. The number of hydrogen-bond donors (Lipinski definition) is 5. The molecule has 0 radical (unpaired) electrons. The van der Waals surface area contributed by atoms with E-state index in [-0.39, 0.29) is 0 Å². The highest BCUT2D eigenvalue weighted by Gasteiger charge is 2.29. The zero-order valence-electron chi connectivity index (χ0n) is 42.4. The van der Waals surface area contributed by atoms with Crippen molar-refractivity contribution in [2.24, 2.45) is 5.92 Å². The number of hydrogen-bond acceptors (Lipinski definition) is 5. The van der Waals surface area contributed by atoms with Crippen LogP contribution in [-0.2, 0) is 6.54 Å². The Morgan fingerprint density at radius 1 is 0.486 bits per heavy atom. The van der Waals surface area contributed by atoms with Crippen molar-refractivity contribution >= 4 is 83.8 Å². The Hall–Kier alpha value is -7.96. The average molecular weight is 945 g/mol. The third-order valence-corrected chi connectivity index (χ3v) is 14.3. The number of fused-ring (bicyclic) bond motifs is 4. The van der Waals surface area contributed by atoms with Gasteiger partial charge in [-0.25, -0.2) is 0 Å². The topological polar surface area (TPSA) is 67.1 Å². The van der Waals surface area contributed by atoms with E-state index in [0.29, 0.717) is 6.54 Å². The molecule has 1 heterocycles. The Morgan fingerprint density at radius 3 is 1.81 bits per heavy atom. The molecule has 0 saturated carbocycles. The molecule has 1 aromatic heterocycles. The molecule has 72 heavy (non-hydrogen) atoms. The molecule has 0 saturated heterocycles. The van der Waals surface area contributed by atoms with E-state index in [9.17, 15) is 0 Å². The second-order valence-corrected chi connectivity index (χ2v) is 19.7. The quantitative estimate of drug-likeness (QED) is 0.0465. The number of H-pyrrole nitrogens is 1. The highest BCUT2D eigenvalue weighted by Crippen LogP contribution is 2.55. The van der Waals surface area contributed by atoms with Gasteiger partial charge in [-0.3, -0.25) is 0 Å². The van der Waals surface area contributed by atoms with Crippen molar-refractivity contribution in [1.29, 1.82) is 0 Å². The van der Waals surface area contributed by atoms with Crippen LogP contribution in [0.2, 0.25) is 0 Å². The average Bonchev–Trinajstić information content (AvgIpc) is 3.80. The largest absolute Gasteiger partial charge is 0.383 e. The van der Waals surface area contributed by atoms with Gasteiger partial charge in [0.15, 0.2) is 0 Å². The van der Waals surface area contributed by atoms with Crippen molar-refractivity contribution in [2.75, 3.05) is 32.7 Å². The normalized spacial score (nSPS) is 11.4. The van der Waals surface area contributed by atoms with E-state index in [2.05, 4.69) is 253 Å². The number of anilines is 9. The van der Waals surface area contributed by atoms with Crippen LogP contribution in [0.1, 0.15) is 75.5 Å². The van der Waals surface area contributed by atoms with E-state index in [1.807, 2.05) is 0 Å². The summed E-state index contributed by atoms with van der Waals surface area (Å²) in [7, 11) is 0. The minimum atomic E-state index is 0.614. The number of para-hydroxylation sites is 2. The number of benzene rings is 9. The lowest BCUT2D eigenvalue weighted by Gasteiger charge is -2.30. The fraction of sp³-hybridized carbons (Fsp3) is 0.212. The van der Waals surface area contributed by atoms with Gasteiger partial charge >= 0.3 is 0 Å². The molecule has 10 rings (SSSR count). The van der Waals surface area contributed by atoms with Gasteiger partial charge in [0, 0.05) is 63.1 Å². The van der Waals surface area contributed by atoms with Crippen LogP contribution < -0.4 is 26.2 Å². The van der Waals surface area contributed by atoms with Crippen molar-refractivity contribution in [1.82, 2.24) is 4.98 Å². The van der Waals surface area contributed by atoms with E-state index < -0.39 is 0 Å². The molecule has 10 aromatic rings. The Morgan fingerprint density at radius 2 is 1.08 bits per heavy atom. The first-order valence-electron chi connectivity index (χ1n) is 26.2. The Kier molecular flexibility index (Phi) is 14.9. The predicted molar refractivity (Wildman–Crippen MR) is 312 cm³/mol. The summed E-state index contributed by atoms with van der Waals surface area (Å²) in [5.74, 6) is 0.777. The number of aryl methyl sites for hydroxylation is 1. The number of nitrogens with one attached hydrogen (secondary N) is 5.